The van der Waals surface area contributed by atoms with Gasteiger partial charge >= 0.3 is 12.4 Å². The number of hydrogen-bond donors (Lipinski definition) is 0. The first-order valence-electron chi connectivity index (χ1n) is 4.81. The number of benzene rings is 1. The van der Waals surface area contributed by atoms with E-state index in [1.54, 1.807) is 6.92 Å². The summed E-state index contributed by atoms with van der Waals surface area (Å²) in [6.45, 7) is 1.55. The van der Waals surface area contributed by atoms with E-state index >= 15 is 0 Å². The molecule has 0 amide bonds. The van der Waals surface area contributed by atoms with Gasteiger partial charge in [-0.2, -0.15) is 26.3 Å². The van der Waals surface area contributed by atoms with Gasteiger partial charge in [0.1, 0.15) is 0 Å². The number of allylic oxidation sites excluding steroid dienone is 1. The Morgan fingerprint density at radius 1 is 0.889 bits per heavy atom. The summed E-state index contributed by atoms with van der Waals surface area (Å²) in [7, 11) is 0. The smallest absolute Gasteiger partial charge is 0.166 e. The molecule has 0 saturated heterocycles. The van der Waals surface area contributed by atoms with Crippen molar-refractivity contribution in [3.8, 4) is 0 Å². The van der Waals surface area contributed by atoms with Gasteiger partial charge < -0.3 is 0 Å². The molecule has 0 heterocycles. The summed E-state index contributed by atoms with van der Waals surface area (Å²) in [6, 6.07) is 1.38. The standard InChI is InChI=1S/C12H8F6/c1-2-3-4-8-5-9(11(13,14)15)7-10(6-8)12(16,17)18/h2,4-7H,1H3. The highest BCUT2D eigenvalue weighted by molar-refractivity contribution is 5.52. The van der Waals surface area contributed by atoms with Crippen LogP contribution in [0.15, 0.2) is 30.0 Å². The Morgan fingerprint density at radius 3 is 1.67 bits per heavy atom. The van der Waals surface area contributed by atoms with E-state index in [0.717, 1.165) is 6.08 Å². The fourth-order valence-corrected chi connectivity index (χ4v) is 1.24. The Balaban J connectivity index is 3.43. The Kier molecular flexibility index (Phi) is 3.92. The van der Waals surface area contributed by atoms with Gasteiger partial charge in [-0.1, -0.05) is 0 Å². The van der Waals surface area contributed by atoms with E-state index in [0.29, 0.717) is 12.1 Å². The lowest BCUT2D eigenvalue weighted by atomic mass is 10.0. The third-order valence-electron chi connectivity index (χ3n) is 2.03. The number of hydrogen-bond acceptors (Lipinski definition) is 0. The fourth-order valence-electron chi connectivity index (χ4n) is 1.24. The van der Waals surface area contributed by atoms with Crippen LogP contribution in [0.25, 0.3) is 6.08 Å². The van der Waals surface area contributed by atoms with Gasteiger partial charge in [-0.3, -0.25) is 0 Å². The molecule has 0 spiro atoms. The topological polar surface area (TPSA) is 0 Å². The zero-order valence-corrected chi connectivity index (χ0v) is 9.15. The van der Waals surface area contributed by atoms with Crippen molar-refractivity contribution in [3.05, 3.63) is 46.7 Å². The molecule has 0 aromatic heterocycles. The minimum absolute atomic E-state index is 0.0903. The fraction of sp³-hybridized carbons (Fsp3) is 0.250. The first kappa shape index (κ1) is 14.4. The van der Waals surface area contributed by atoms with Gasteiger partial charge in [-0.15, -0.1) is 5.73 Å². The average Bonchev–Trinajstić information content (AvgIpc) is 2.23. The van der Waals surface area contributed by atoms with Crippen molar-refractivity contribution >= 4 is 6.08 Å². The predicted molar refractivity (Wildman–Crippen MR) is 54.7 cm³/mol. The number of rotatable bonds is 1. The zero-order chi connectivity index (χ0) is 14.0. The molecule has 0 nitrogen and oxygen atoms in total. The van der Waals surface area contributed by atoms with Crippen molar-refractivity contribution in [2.24, 2.45) is 0 Å². The second-order valence-corrected chi connectivity index (χ2v) is 3.44. The first-order valence-corrected chi connectivity index (χ1v) is 4.81. The molecule has 0 atom stereocenters. The molecule has 6 heteroatoms. The molecule has 0 aliphatic carbocycles. The van der Waals surface area contributed by atoms with Gasteiger partial charge in [0.15, 0.2) is 0 Å². The van der Waals surface area contributed by atoms with Crippen LogP contribution in [0, 0.1) is 0 Å². The van der Waals surface area contributed by atoms with Crippen molar-refractivity contribution in [1.82, 2.24) is 0 Å². The first-order chi connectivity index (χ1) is 8.14. The molecular weight excluding hydrogens is 258 g/mol. The summed E-state index contributed by atoms with van der Waals surface area (Å²) in [6.07, 6.45) is -7.20. The van der Waals surface area contributed by atoms with E-state index in [2.05, 4.69) is 5.73 Å². The number of halogens is 6. The van der Waals surface area contributed by atoms with Crippen LogP contribution < -0.4 is 0 Å². The van der Waals surface area contributed by atoms with Crippen molar-refractivity contribution in [1.29, 1.82) is 0 Å². The lowest BCUT2D eigenvalue weighted by Crippen LogP contribution is -2.11. The van der Waals surface area contributed by atoms with Gasteiger partial charge in [0.2, 0.25) is 0 Å². The Hall–Kier alpha value is -1.68. The summed E-state index contributed by atoms with van der Waals surface area (Å²) >= 11 is 0. The molecule has 1 aromatic carbocycles. The molecule has 0 aliphatic rings. The highest BCUT2D eigenvalue weighted by atomic mass is 19.4. The van der Waals surface area contributed by atoms with Crippen molar-refractivity contribution in [2.45, 2.75) is 19.3 Å². The van der Waals surface area contributed by atoms with Crippen LogP contribution in [0.2, 0.25) is 0 Å². The van der Waals surface area contributed by atoms with Gasteiger partial charge in [0.05, 0.1) is 11.1 Å². The van der Waals surface area contributed by atoms with Crippen LogP contribution in [-0.2, 0) is 12.4 Å². The van der Waals surface area contributed by atoms with E-state index in [-0.39, 0.29) is 11.6 Å². The van der Waals surface area contributed by atoms with Crippen LogP contribution in [0.4, 0.5) is 26.3 Å². The molecule has 0 saturated carbocycles. The molecule has 0 fully saturated rings. The maximum Gasteiger partial charge on any atom is 0.416 e. The van der Waals surface area contributed by atoms with Gasteiger partial charge in [-0.05, 0) is 42.8 Å². The predicted octanol–water partition coefficient (Wildman–Crippen LogP) is 4.91. The zero-order valence-electron chi connectivity index (χ0n) is 9.15. The summed E-state index contributed by atoms with van der Waals surface area (Å²) in [5.74, 6) is 0. The largest absolute Gasteiger partial charge is 0.416 e. The van der Waals surface area contributed by atoms with Crippen molar-refractivity contribution < 1.29 is 26.3 Å². The second-order valence-electron chi connectivity index (χ2n) is 3.44. The maximum absolute atomic E-state index is 12.4. The van der Waals surface area contributed by atoms with Crippen molar-refractivity contribution in [3.63, 3.8) is 0 Å². The molecule has 0 radical (unpaired) electrons. The van der Waals surface area contributed by atoms with E-state index in [1.165, 1.54) is 6.08 Å². The van der Waals surface area contributed by atoms with Crippen LogP contribution in [-0.4, -0.2) is 0 Å². The highest BCUT2D eigenvalue weighted by Gasteiger charge is 2.36. The quantitative estimate of drug-likeness (QED) is 0.500. The molecule has 0 N–H and O–H groups in total. The van der Waals surface area contributed by atoms with E-state index < -0.39 is 23.5 Å². The summed E-state index contributed by atoms with van der Waals surface area (Å²) in [5, 5.41) is 0. The molecular formula is C12H8F6. The minimum Gasteiger partial charge on any atom is -0.166 e. The SMILES string of the molecule is CC=C=Cc1cc(C(F)(F)F)cc(C(F)(F)F)c1. The molecule has 98 valence electrons. The molecule has 0 bridgehead atoms. The van der Waals surface area contributed by atoms with Gasteiger partial charge in [0.25, 0.3) is 0 Å². The number of alkyl halides is 6. The van der Waals surface area contributed by atoms with E-state index in [9.17, 15) is 26.3 Å². The van der Waals surface area contributed by atoms with E-state index in [4.69, 9.17) is 0 Å². The molecule has 18 heavy (non-hydrogen) atoms. The van der Waals surface area contributed by atoms with Crippen LogP contribution in [0.5, 0.6) is 0 Å². The third kappa shape index (κ3) is 3.67. The second kappa shape index (κ2) is 4.90. The third-order valence-corrected chi connectivity index (χ3v) is 2.03. The minimum atomic E-state index is -4.82. The summed E-state index contributed by atoms with van der Waals surface area (Å²) in [5.41, 5.74) is -0.426. The monoisotopic (exact) mass is 266 g/mol. The molecule has 0 unspecified atom stereocenters. The average molecular weight is 266 g/mol. The lowest BCUT2D eigenvalue weighted by Gasteiger charge is -2.12. The van der Waals surface area contributed by atoms with Crippen LogP contribution in [0.3, 0.4) is 0 Å². The summed E-state index contributed by atoms with van der Waals surface area (Å²) < 4.78 is 74.7. The lowest BCUT2D eigenvalue weighted by molar-refractivity contribution is -0.143. The summed E-state index contributed by atoms with van der Waals surface area (Å²) in [4.78, 5) is 0. The Labute approximate surface area is 99.2 Å². The molecule has 1 aromatic rings. The van der Waals surface area contributed by atoms with E-state index in [1.807, 2.05) is 0 Å². The van der Waals surface area contributed by atoms with Crippen molar-refractivity contribution in [2.75, 3.05) is 0 Å². The Bertz CT molecular complexity index is 454. The molecule has 0 aliphatic heterocycles. The maximum atomic E-state index is 12.4. The Morgan fingerprint density at radius 2 is 1.33 bits per heavy atom. The normalized spacial score (nSPS) is 11.9. The van der Waals surface area contributed by atoms with Crippen LogP contribution in [0.1, 0.15) is 23.6 Å². The van der Waals surface area contributed by atoms with Crippen LogP contribution >= 0.6 is 0 Å². The van der Waals surface area contributed by atoms with Gasteiger partial charge in [-0.25, -0.2) is 0 Å². The molecule has 1 rings (SSSR count). The highest BCUT2D eigenvalue weighted by Crippen LogP contribution is 2.36. The van der Waals surface area contributed by atoms with Gasteiger partial charge in [0, 0.05) is 0 Å².